The molecule has 10 heteroatoms. The van der Waals surface area contributed by atoms with E-state index in [9.17, 15) is 14.4 Å². The van der Waals surface area contributed by atoms with E-state index < -0.39 is 17.7 Å². The van der Waals surface area contributed by atoms with Crippen LogP contribution in [-0.4, -0.2) is 45.7 Å². The van der Waals surface area contributed by atoms with Crippen molar-refractivity contribution in [1.82, 2.24) is 20.5 Å². The van der Waals surface area contributed by atoms with Gasteiger partial charge in [0, 0.05) is 12.8 Å². The van der Waals surface area contributed by atoms with Gasteiger partial charge in [0.1, 0.15) is 5.82 Å². The van der Waals surface area contributed by atoms with Crippen LogP contribution in [0.3, 0.4) is 0 Å². The number of nitrogens with one attached hydrogen (secondary N) is 3. The minimum Gasteiger partial charge on any atom is -0.483 e. The lowest BCUT2D eigenvalue weighted by atomic mass is 10.1. The van der Waals surface area contributed by atoms with Gasteiger partial charge in [-0.05, 0) is 5.56 Å². The van der Waals surface area contributed by atoms with Gasteiger partial charge in [0.2, 0.25) is 5.91 Å². The summed E-state index contributed by atoms with van der Waals surface area (Å²) in [6, 6.07) is 7.95. The van der Waals surface area contributed by atoms with E-state index in [1.54, 1.807) is 24.3 Å². The van der Waals surface area contributed by atoms with Gasteiger partial charge in [-0.3, -0.25) is 14.6 Å². The Kier molecular flexibility index (Phi) is 8.13. The molecule has 0 aliphatic rings. The first-order valence-corrected chi connectivity index (χ1v) is 7.15. The van der Waals surface area contributed by atoms with Crippen molar-refractivity contribution < 1.29 is 24.2 Å². The summed E-state index contributed by atoms with van der Waals surface area (Å²) in [5.74, 6) is -0.509. The number of esters is 1. The maximum absolute atomic E-state index is 12.0. The average molecular weight is 350 g/mol. The normalized spacial score (nSPS) is 10.8. The Labute approximate surface area is 142 Å². The molecule has 25 heavy (non-hydrogen) atoms. The Morgan fingerprint density at radius 2 is 2.00 bits per heavy atom. The molecule has 1 heterocycles. The average Bonchev–Trinajstić information content (AvgIpc) is 3.04. The van der Waals surface area contributed by atoms with Gasteiger partial charge in [-0.15, -0.1) is 0 Å². The van der Waals surface area contributed by atoms with Crippen molar-refractivity contribution in [2.45, 2.75) is 18.9 Å². The van der Waals surface area contributed by atoms with E-state index in [-0.39, 0.29) is 25.2 Å². The smallest absolute Gasteiger partial charge is 0.340 e. The van der Waals surface area contributed by atoms with Crippen LogP contribution in [0.2, 0.25) is 0 Å². The Morgan fingerprint density at radius 1 is 1.36 bits per heavy atom. The molecule has 0 aliphatic heterocycles. The fourth-order valence-electron chi connectivity index (χ4n) is 1.93. The van der Waals surface area contributed by atoms with Gasteiger partial charge < -0.3 is 15.2 Å². The van der Waals surface area contributed by atoms with Gasteiger partial charge in [-0.2, -0.15) is 5.10 Å². The highest BCUT2D eigenvalue weighted by atomic mass is 16.5. The van der Waals surface area contributed by atoms with Gasteiger partial charge in [-0.1, -0.05) is 30.3 Å². The quantitative estimate of drug-likeness (QED) is 0.414. The first kappa shape index (κ1) is 19.6. The second-order valence-corrected chi connectivity index (χ2v) is 4.66. The van der Waals surface area contributed by atoms with Gasteiger partial charge in [-0.25, -0.2) is 14.7 Å². The number of rotatable bonds is 6. The van der Waals surface area contributed by atoms with E-state index >= 15 is 0 Å². The van der Waals surface area contributed by atoms with Crippen LogP contribution in [0.5, 0.6) is 0 Å². The number of aromatic nitrogens is 3. The molecule has 0 fully saturated rings. The molecule has 134 valence electrons. The molecule has 1 aromatic carbocycles. The Morgan fingerprint density at radius 3 is 2.52 bits per heavy atom. The lowest BCUT2D eigenvalue weighted by Crippen LogP contribution is -2.34. The van der Waals surface area contributed by atoms with Gasteiger partial charge in [0.05, 0.1) is 7.11 Å². The highest BCUT2D eigenvalue weighted by Gasteiger charge is 2.23. The molecule has 0 aliphatic carbocycles. The maximum Gasteiger partial charge on any atom is 0.340 e. The van der Waals surface area contributed by atoms with E-state index in [1.807, 2.05) is 6.07 Å². The predicted octanol–water partition coefficient (Wildman–Crippen LogP) is -0.238. The van der Waals surface area contributed by atoms with Crippen LogP contribution in [0.4, 0.5) is 0 Å². The summed E-state index contributed by atoms with van der Waals surface area (Å²) in [7, 11) is 1.26. The van der Waals surface area contributed by atoms with Crippen molar-refractivity contribution in [3.05, 3.63) is 52.2 Å². The second-order valence-electron chi connectivity index (χ2n) is 4.66. The summed E-state index contributed by atoms with van der Waals surface area (Å²) in [6.45, 7) is -0.250. The van der Waals surface area contributed by atoms with E-state index in [1.165, 1.54) is 7.11 Å². The number of hydrogen-bond acceptors (Lipinski definition) is 6. The molecule has 1 atom stereocenters. The third-order valence-corrected chi connectivity index (χ3v) is 3.01. The van der Waals surface area contributed by atoms with Gasteiger partial charge >= 0.3 is 11.7 Å². The molecule has 0 unspecified atom stereocenters. The topological polar surface area (TPSA) is 154 Å². The van der Waals surface area contributed by atoms with Crippen molar-refractivity contribution in [2.24, 2.45) is 0 Å². The lowest BCUT2D eigenvalue weighted by molar-refractivity contribution is -0.145. The third-order valence-electron chi connectivity index (χ3n) is 3.01. The number of hydrogen-bond donors (Lipinski definition) is 4. The second kappa shape index (κ2) is 10.4. The molecule has 0 saturated heterocycles. The monoisotopic (exact) mass is 350 g/mol. The number of methoxy groups -OCH3 is 1. The fourth-order valence-corrected chi connectivity index (χ4v) is 1.93. The highest BCUT2D eigenvalue weighted by Crippen LogP contribution is 2.14. The summed E-state index contributed by atoms with van der Waals surface area (Å²) in [4.78, 5) is 45.5. The van der Waals surface area contributed by atoms with Gasteiger partial charge in [0.25, 0.3) is 6.47 Å². The predicted molar refractivity (Wildman–Crippen MR) is 85.6 cm³/mol. The molecule has 0 spiro atoms. The number of carbonyl (C=O) groups is 3. The highest BCUT2D eigenvalue weighted by molar-refractivity contribution is 5.85. The number of ether oxygens (including phenoxy) is 1. The summed E-state index contributed by atoms with van der Waals surface area (Å²) in [5.41, 5.74) is 0.211. The number of benzene rings is 1. The number of aromatic amines is 2. The standard InChI is InChI=1S/C14H16N4O4.CH2O2/c1-22-13(20)12(9-5-3-2-4-6-9)16-11(19)8-7-10-15-14(21)18-17-10;2-1-3/h2-6,12H,7-8H2,1H3,(H,16,19)(H2,15,17,18,21);1H,(H,2,3)/t12-;/m0./s1. The number of amides is 1. The van der Waals surface area contributed by atoms with Crippen LogP contribution < -0.4 is 11.0 Å². The number of aryl methyl sites for hydroxylation is 1. The van der Waals surface area contributed by atoms with E-state index in [0.29, 0.717) is 11.4 Å². The molecule has 10 nitrogen and oxygen atoms in total. The maximum atomic E-state index is 12.0. The Balaban J connectivity index is 0.000000970. The summed E-state index contributed by atoms with van der Waals surface area (Å²) >= 11 is 0. The summed E-state index contributed by atoms with van der Waals surface area (Å²) < 4.78 is 4.72. The Bertz CT molecular complexity index is 740. The molecular formula is C15H18N4O6. The number of nitrogens with zero attached hydrogens (tertiary/aromatic N) is 1. The van der Waals surface area contributed by atoms with Crippen molar-refractivity contribution in [3.63, 3.8) is 0 Å². The van der Waals surface area contributed by atoms with Crippen molar-refractivity contribution in [1.29, 1.82) is 0 Å². The zero-order valence-electron chi connectivity index (χ0n) is 13.4. The molecule has 4 N–H and O–H groups in total. The SMILES string of the molecule is COC(=O)[C@@H](NC(=O)CCc1n[nH]c(=O)[nH]1)c1ccccc1.O=CO. The summed E-state index contributed by atoms with van der Waals surface area (Å²) in [5, 5.41) is 15.4. The minimum atomic E-state index is -0.864. The number of H-pyrrole nitrogens is 2. The zero-order valence-corrected chi connectivity index (χ0v) is 13.4. The molecule has 1 aromatic heterocycles. The first-order valence-electron chi connectivity index (χ1n) is 7.15. The number of carbonyl (C=O) groups excluding carboxylic acids is 2. The summed E-state index contributed by atoms with van der Waals surface area (Å²) in [6.07, 6.45) is 0.342. The van der Waals surface area contributed by atoms with Crippen LogP contribution in [0.15, 0.2) is 35.1 Å². The molecule has 1 amide bonds. The van der Waals surface area contributed by atoms with Crippen LogP contribution in [-0.2, 0) is 25.5 Å². The van der Waals surface area contributed by atoms with Crippen LogP contribution in [0.25, 0.3) is 0 Å². The number of carboxylic acid groups (broad SMARTS) is 1. The molecule has 0 radical (unpaired) electrons. The van der Waals surface area contributed by atoms with E-state index in [0.717, 1.165) is 0 Å². The van der Waals surface area contributed by atoms with Crippen molar-refractivity contribution in [2.75, 3.05) is 7.11 Å². The van der Waals surface area contributed by atoms with Crippen LogP contribution in [0.1, 0.15) is 23.9 Å². The molecular weight excluding hydrogens is 332 g/mol. The van der Waals surface area contributed by atoms with Crippen LogP contribution >= 0.6 is 0 Å². The molecule has 2 aromatic rings. The van der Waals surface area contributed by atoms with Crippen molar-refractivity contribution in [3.8, 4) is 0 Å². The molecule has 2 rings (SSSR count). The fraction of sp³-hybridized carbons (Fsp3) is 0.267. The lowest BCUT2D eigenvalue weighted by Gasteiger charge is -2.16. The van der Waals surface area contributed by atoms with Crippen LogP contribution in [0, 0.1) is 0 Å². The minimum absolute atomic E-state index is 0.0844. The first-order chi connectivity index (χ1) is 12.0. The Hall–Kier alpha value is -3.43. The van der Waals surface area contributed by atoms with Gasteiger partial charge in [0.15, 0.2) is 6.04 Å². The zero-order chi connectivity index (χ0) is 18.7. The van der Waals surface area contributed by atoms with E-state index in [4.69, 9.17) is 14.6 Å². The van der Waals surface area contributed by atoms with E-state index in [2.05, 4.69) is 20.5 Å². The molecule has 0 bridgehead atoms. The third kappa shape index (κ3) is 6.69. The largest absolute Gasteiger partial charge is 0.483 e. The molecule has 0 saturated carbocycles. The van der Waals surface area contributed by atoms with Crippen molar-refractivity contribution >= 4 is 18.3 Å².